The van der Waals surface area contributed by atoms with Gasteiger partial charge in [-0.15, -0.1) is 0 Å². The molecule has 0 atom stereocenters. The number of nitrogens with zero attached hydrogens (tertiary/aromatic N) is 1. The predicted molar refractivity (Wildman–Crippen MR) is 116 cm³/mol. The van der Waals surface area contributed by atoms with E-state index < -0.39 is 11.4 Å². The highest BCUT2D eigenvalue weighted by molar-refractivity contribution is 6.00. The molecule has 4 rings (SSSR count). The second-order valence-corrected chi connectivity index (χ2v) is 9.15. The van der Waals surface area contributed by atoms with Crippen LogP contribution in [0.3, 0.4) is 0 Å². The van der Waals surface area contributed by atoms with Crippen molar-refractivity contribution in [3.8, 4) is 0 Å². The number of halogens is 1. The molecule has 0 saturated heterocycles. The first-order chi connectivity index (χ1) is 14.7. The van der Waals surface area contributed by atoms with Gasteiger partial charge in [-0.05, 0) is 49.7 Å². The van der Waals surface area contributed by atoms with Gasteiger partial charge in [0.2, 0.25) is 0 Å². The Morgan fingerprint density at radius 2 is 1.97 bits per heavy atom. The summed E-state index contributed by atoms with van der Waals surface area (Å²) in [5.41, 5.74) is 6.65. The number of rotatable bonds is 6. The number of carbonyl (C=O) groups is 2. The number of ketones is 1. The molecule has 2 fully saturated rings. The van der Waals surface area contributed by atoms with Gasteiger partial charge in [0, 0.05) is 30.3 Å². The molecule has 2 saturated carbocycles. The van der Waals surface area contributed by atoms with Crippen LogP contribution < -0.4 is 16.6 Å². The number of pyridine rings is 1. The lowest BCUT2D eigenvalue weighted by atomic mass is 9.52. The third-order valence-electron chi connectivity index (χ3n) is 6.67. The second-order valence-electron chi connectivity index (χ2n) is 9.15. The molecule has 1 aromatic carbocycles. The summed E-state index contributed by atoms with van der Waals surface area (Å²) < 4.78 is 15.8. The van der Waals surface area contributed by atoms with E-state index in [1.54, 1.807) is 32.0 Å². The Labute approximate surface area is 180 Å². The molecule has 1 heterocycles. The van der Waals surface area contributed by atoms with Crippen LogP contribution in [0, 0.1) is 18.2 Å². The van der Waals surface area contributed by atoms with Crippen LogP contribution in [0.5, 0.6) is 0 Å². The van der Waals surface area contributed by atoms with Crippen LogP contribution in [0.25, 0.3) is 0 Å². The fourth-order valence-corrected chi connectivity index (χ4v) is 5.02. The van der Waals surface area contributed by atoms with Crippen LogP contribution in [-0.2, 0) is 6.54 Å². The van der Waals surface area contributed by atoms with Crippen molar-refractivity contribution in [2.45, 2.75) is 64.6 Å². The van der Waals surface area contributed by atoms with Crippen LogP contribution >= 0.6 is 0 Å². The maximum absolute atomic E-state index is 14.5. The lowest BCUT2D eigenvalue weighted by Gasteiger charge is -2.57. The van der Waals surface area contributed by atoms with Gasteiger partial charge in [-0.3, -0.25) is 14.4 Å². The molecular formula is C24H28FN3O3. The Hall–Kier alpha value is -2.80. The second kappa shape index (κ2) is 8.04. The molecule has 164 valence electrons. The number of nitrogens with one attached hydrogen (secondary N) is 1. The van der Waals surface area contributed by atoms with Crippen molar-refractivity contribution in [3.63, 3.8) is 0 Å². The van der Waals surface area contributed by atoms with Gasteiger partial charge in [-0.25, -0.2) is 4.39 Å². The normalized spacial score (nSPS) is 24.4. The van der Waals surface area contributed by atoms with Gasteiger partial charge < -0.3 is 15.6 Å². The summed E-state index contributed by atoms with van der Waals surface area (Å²) in [6.07, 6.45) is 5.37. The summed E-state index contributed by atoms with van der Waals surface area (Å²) in [5, 5.41) is 3.01. The number of Topliss-reactive ketones (excluding diaryl/α,β-unsaturated/α-hetero) is 1. The standard InChI is InChI=1S/C24H28FN3O3/c1-3-20(29)19-7-16(22(30)27-18-10-24(11-18)8-17(26)9-24)13-28(23(19)31)12-15-6-4-5-14(2)21(15)25/h4-7,13,17-18H,3,8-12,26H2,1-2H3,(H,27,30). The van der Waals surface area contributed by atoms with E-state index in [2.05, 4.69) is 5.32 Å². The number of benzene rings is 1. The first kappa shape index (κ1) is 21.4. The Bertz CT molecular complexity index is 1090. The summed E-state index contributed by atoms with van der Waals surface area (Å²) in [7, 11) is 0. The molecule has 6 nitrogen and oxygen atoms in total. The van der Waals surface area contributed by atoms with Crippen molar-refractivity contribution in [2.75, 3.05) is 0 Å². The van der Waals surface area contributed by atoms with Gasteiger partial charge in [0.25, 0.3) is 11.5 Å². The molecule has 1 aromatic heterocycles. The van der Waals surface area contributed by atoms with Crippen molar-refractivity contribution in [1.29, 1.82) is 0 Å². The zero-order valence-corrected chi connectivity index (χ0v) is 17.9. The number of aromatic nitrogens is 1. The number of amides is 1. The SMILES string of the molecule is CCC(=O)c1cc(C(=O)NC2CC3(CC(N)C3)C2)cn(Cc2cccc(C)c2F)c1=O. The van der Waals surface area contributed by atoms with Gasteiger partial charge in [-0.1, -0.05) is 25.1 Å². The summed E-state index contributed by atoms with van der Waals surface area (Å²) in [6.45, 7) is 3.26. The van der Waals surface area contributed by atoms with Crippen molar-refractivity contribution in [3.05, 3.63) is 68.9 Å². The molecule has 1 amide bonds. The van der Waals surface area contributed by atoms with Crippen molar-refractivity contribution in [2.24, 2.45) is 11.1 Å². The van der Waals surface area contributed by atoms with E-state index in [0.717, 1.165) is 25.7 Å². The monoisotopic (exact) mass is 425 g/mol. The predicted octanol–water partition coefficient (Wildman–Crippen LogP) is 2.94. The lowest BCUT2D eigenvalue weighted by molar-refractivity contribution is -0.0159. The van der Waals surface area contributed by atoms with Crippen LogP contribution in [0.2, 0.25) is 0 Å². The topological polar surface area (TPSA) is 94.2 Å². The summed E-state index contributed by atoms with van der Waals surface area (Å²) in [6, 6.07) is 6.66. The van der Waals surface area contributed by atoms with Gasteiger partial charge >= 0.3 is 0 Å². The molecule has 0 radical (unpaired) electrons. The van der Waals surface area contributed by atoms with E-state index in [4.69, 9.17) is 5.73 Å². The highest BCUT2D eigenvalue weighted by Crippen LogP contribution is 2.55. The quantitative estimate of drug-likeness (QED) is 0.696. The van der Waals surface area contributed by atoms with Crippen LogP contribution in [-0.4, -0.2) is 28.3 Å². The Balaban J connectivity index is 1.59. The third-order valence-corrected chi connectivity index (χ3v) is 6.67. The third kappa shape index (κ3) is 4.06. The maximum Gasteiger partial charge on any atom is 0.261 e. The number of hydrogen-bond acceptors (Lipinski definition) is 4. The molecule has 31 heavy (non-hydrogen) atoms. The molecule has 0 aliphatic heterocycles. The Kier molecular flexibility index (Phi) is 5.56. The average molecular weight is 426 g/mol. The summed E-state index contributed by atoms with van der Waals surface area (Å²) >= 11 is 0. The molecule has 7 heteroatoms. The van der Waals surface area contributed by atoms with Gasteiger partial charge in [0.15, 0.2) is 5.78 Å². The first-order valence-electron chi connectivity index (χ1n) is 10.8. The molecular weight excluding hydrogens is 397 g/mol. The van der Waals surface area contributed by atoms with Gasteiger partial charge in [0.1, 0.15) is 5.82 Å². The first-order valence-corrected chi connectivity index (χ1v) is 10.8. The van der Waals surface area contributed by atoms with E-state index in [0.29, 0.717) is 11.1 Å². The molecule has 2 aromatic rings. The van der Waals surface area contributed by atoms with Crippen LogP contribution in [0.1, 0.15) is 70.9 Å². The Morgan fingerprint density at radius 1 is 1.26 bits per heavy atom. The minimum atomic E-state index is -0.518. The largest absolute Gasteiger partial charge is 0.349 e. The highest BCUT2D eigenvalue weighted by atomic mass is 19.1. The zero-order chi connectivity index (χ0) is 22.3. The fourth-order valence-electron chi connectivity index (χ4n) is 5.02. The van der Waals surface area contributed by atoms with E-state index in [1.165, 1.54) is 16.8 Å². The minimum absolute atomic E-state index is 0.0433. The molecule has 1 spiro atoms. The molecule has 0 unspecified atom stereocenters. The molecule has 3 N–H and O–H groups in total. The molecule has 2 aliphatic carbocycles. The van der Waals surface area contributed by atoms with E-state index in [-0.39, 0.29) is 53.3 Å². The summed E-state index contributed by atoms with van der Waals surface area (Å²) in [5.74, 6) is -1.07. The highest BCUT2D eigenvalue weighted by Gasteiger charge is 2.52. The lowest BCUT2D eigenvalue weighted by Crippen LogP contribution is -2.59. The van der Waals surface area contributed by atoms with Crippen molar-refractivity contribution in [1.82, 2.24) is 9.88 Å². The number of aryl methyl sites for hydroxylation is 1. The average Bonchev–Trinajstić information content (AvgIpc) is 2.69. The zero-order valence-electron chi connectivity index (χ0n) is 17.9. The van der Waals surface area contributed by atoms with Gasteiger partial charge in [-0.2, -0.15) is 0 Å². The van der Waals surface area contributed by atoms with Crippen molar-refractivity contribution < 1.29 is 14.0 Å². The van der Waals surface area contributed by atoms with Crippen LogP contribution in [0.4, 0.5) is 4.39 Å². The number of carbonyl (C=O) groups excluding carboxylic acids is 2. The van der Waals surface area contributed by atoms with Crippen molar-refractivity contribution >= 4 is 11.7 Å². The fraction of sp³-hybridized carbons (Fsp3) is 0.458. The van der Waals surface area contributed by atoms with E-state index >= 15 is 0 Å². The molecule has 0 bridgehead atoms. The maximum atomic E-state index is 14.5. The smallest absolute Gasteiger partial charge is 0.261 e. The minimum Gasteiger partial charge on any atom is -0.349 e. The summed E-state index contributed by atoms with van der Waals surface area (Å²) in [4.78, 5) is 38.1. The van der Waals surface area contributed by atoms with Gasteiger partial charge in [0.05, 0.1) is 17.7 Å². The van der Waals surface area contributed by atoms with Crippen LogP contribution in [0.15, 0.2) is 35.3 Å². The van der Waals surface area contributed by atoms with E-state index in [9.17, 15) is 18.8 Å². The van der Waals surface area contributed by atoms with E-state index in [1.807, 2.05) is 0 Å². The number of nitrogens with two attached hydrogens (primary N) is 1. The Morgan fingerprint density at radius 3 is 2.61 bits per heavy atom. The molecule has 2 aliphatic rings. The number of hydrogen-bond donors (Lipinski definition) is 2.